The quantitative estimate of drug-likeness (QED) is 0.710. The van der Waals surface area contributed by atoms with E-state index in [9.17, 15) is 9.90 Å². The van der Waals surface area contributed by atoms with E-state index < -0.39 is 6.09 Å². The fraction of sp³-hybridized carbons (Fsp3) is 0.520. The van der Waals surface area contributed by atoms with Gasteiger partial charge in [0.05, 0.1) is 6.04 Å². The van der Waals surface area contributed by atoms with Crippen LogP contribution in [0.2, 0.25) is 5.02 Å². The molecule has 2 aliphatic heterocycles. The second-order valence-corrected chi connectivity index (χ2v) is 9.77. The Labute approximate surface area is 195 Å². The van der Waals surface area contributed by atoms with Crippen LogP contribution in [0.15, 0.2) is 48.7 Å². The number of halogens is 1. The first kappa shape index (κ1) is 22.9. The van der Waals surface area contributed by atoms with Crippen molar-refractivity contribution in [2.75, 3.05) is 31.1 Å². The lowest BCUT2D eigenvalue weighted by Crippen LogP contribution is -2.64. The number of hydrogen-bond donors (Lipinski definition) is 1. The van der Waals surface area contributed by atoms with Gasteiger partial charge >= 0.3 is 6.09 Å². The van der Waals surface area contributed by atoms with Crippen molar-refractivity contribution in [3.05, 3.63) is 59.2 Å². The van der Waals surface area contributed by atoms with Gasteiger partial charge in [0.2, 0.25) is 0 Å². The Kier molecular flexibility index (Phi) is 7.21. The summed E-state index contributed by atoms with van der Waals surface area (Å²) in [4.78, 5) is 23.2. The smallest absolute Gasteiger partial charge is 0.407 e. The summed E-state index contributed by atoms with van der Waals surface area (Å²) < 4.78 is 0. The minimum atomic E-state index is -0.811. The van der Waals surface area contributed by atoms with E-state index in [2.05, 4.69) is 46.8 Å². The van der Waals surface area contributed by atoms with Crippen molar-refractivity contribution in [1.82, 2.24) is 14.8 Å². The molecule has 1 amide bonds. The van der Waals surface area contributed by atoms with Gasteiger partial charge < -0.3 is 14.9 Å². The maximum Gasteiger partial charge on any atom is 0.407 e. The van der Waals surface area contributed by atoms with Crippen molar-refractivity contribution in [3.63, 3.8) is 0 Å². The van der Waals surface area contributed by atoms with Crippen LogP contribution >= 0.6 is 11.6 Å². The number of piperidine rings is 1. The molecule has 2 aromatic rings. The largest absolute Gasteiger partial charge is 0.465 e. The minimum absolute atomic E-state index is 0.0165. The highest BCUT2D eigenvalue weighted by Gasteiger charge is 2.41. The summed E-state index contributed by atoms with van der Waals surface area (Å²) in [5.74, 6) is 1.32. The second kappa shape index (κ2) is 10.1. The summed E-state index contributed by atoms with van der Waals surface area (Å²) in [5.41, 5.74) is 1.20. The maximum absolute atomic E-state index is 12.1. The van der Waals surface area contributed by atoms with E-state index >= 15 is 0 Å². The molecule has 0 unspecified atom stereocenters. The van der Waals surface area contributed by atoms with Crippen LogP contribution in [0.25, 0.3) is 0 Å². The molecule has 0 saturated carbocycles. The normalized spacial score (nSPS) is 23.0. The number of piperazine rings is 1. The summed E-state index contributed by atoms with van der Waals surface area (Å²) in [6.07, 6.45) is 3.99. The van der Waals surface area contributed by atoms with E-state index in [1.54, 1.807) is 4.90 Å². The van der Waals surface area contributed by atoms with Crippen molar-refractivity contribution in [1.29, 1.82) is 0 Å². The highest BCUT2D eigenvalue weighted by molar-refractivity contribution is 6.30. The molecule has 3 heterocycles. The Balaban J connectivity index is 1.52. The lowest BCUT2D eigenvalue weighted by atomic mass is 9.90. The predicted molar refractivity (Wildman–Crippen MR) is 128 cm³/mol. The molecule has 1 N–H and O–H groups in total. The first-order valence-electron chi connectivity index (χ1n) is 11.6. The van der Waals surface area contributed by atoms with Crippen LogP contribution in [0.5, 0.6) is 0 Å². The first-order chi connectivity index (χ1) is 15.4. The molecule has 172 valence electrons. The fourth-order valence-corrected chi connectivity index (χ4v) is 5.34. The lowest BCUT2D eigenvalue weighted by molar-refractivity contribution is -0.0115. The molecule has 2 aliphatic rings. The van der Waals surface area contributed by atoms with Crippen LogP contribution in [0.4, 0.5) is 10.6 Å². The number of aromatic nitrogens is 1. The third kappa shape index (κ3) is 5.18. The summed E-state index contributed by atoms with van der Waals surface area (Å²) >= 11 is 6.08. The van der Waals surface area contributed by atoms with E-state index in [0.29, 0.717) is 12.6 Å². The number of nitrogens with zero attached hydrogens (tertiary/aromatic N) is 4. The number of rotatable bonds is 5. The number of anilines is 1. The van der Waals surface area contributed by atoms with Crippen LogP contribution < -0.4 is 4.90 Å². The van der Waals surface area contributed by atoms with Gasteiger partial charge in [-0.05, 0) is 55.0 Å². The summed E-state index contributed by atoms with van der Waals surface area (Å²) in [7, 11) is 0. The van der Waals surface area contributed by atoms with Crippen molar-refractivity contribution < 1.29 is 9.90 Å². The molecule has 2 saturated heterocycles. The third-order valence-corrected chi connectivity index (χ3v) is 7.23. The van der Waals surface area contributed by atoms with Gasteiger partial charge in [-0.25, -0.2) is 9.78 Å². The van der Waals surface area contributed by atoms with Gasteiger partial charge in [0.1, 0.15) is 5.82 Å². The molecule has 2 atom stereocenters. The number of pyridine rings is 1. The van der Waals surface area contributed by atoms with Gasteiger partial charge in [0.25, 0.3) is 0 Å². The van der Waals surface area contributed by atoms with Gasteiger partial charge in [0, 0.05) is 49.5 Å². The number of carboxylic acid groups (broad SMARTS) is 1. The lowest BCUT2D eigenvalue weighted by Gasteiger charge is -2.51. The Morgan fingerprint density at radius 3 is 2.44 bits per heavy atom. The molecule has 0 radical (unpaired) electrons. The Morgan fingerprint density at radius 2 is 1.84 bits per heavy atom. The molecule has 2 fully saturated rings. The zero-order valence-electron chi connectivity index (χ0n) is 18.9. The zero-order valence-corrected chi connectivity index (χ0v) is 19.7. The van der Waals surface area contributed by atoms with Crippen LogP contribution in [-0.2, 0) is 6.42 Å². The monoisotopic (exact) mass is 456 g/mol. The summed E-state index contributed by atoms with van der Waals surface area (Å²) in [6, 6.07) is 14.6. The molecule has 4 rings (SSSR count). The van der Waals surface area contributed by atoms with E-state index in [4.69, 9.17) is 11.6 Å². The van der Waals surface area contributed by atoms with Crippen LogP contribution in [0, 0.1) is 5.92 Å². The van der Waals surface area contributed by atoms with Gasteiger partial charge in [-0.15, -0.1) is 0 Å². The Bertz CT molecular complexity index is 885. The maximum atomic E-state index is 12.1. The average molecular weight is 457 g/mol. The van der Waals surface area contributed by atoms with Gasteiger partial charge in [-0.2, -0.15) is 0 Å². The molecule has 0 bridgehead atoms. The number of benzene rings is 1. The standard InChI is InChI=1S/C25H33ClN4O2/c1-18(2)23-17-29(21-10-13-28(14-11-21)24-5-3-4-12-27-24)22(16-30(23)25(31)32)15-19-6-8-20(26)9-7-19/h3-9,12,18,21-23H,10-11,13-17H2,1-2H3,(H,31,32)/t22-,23+/m0/s1. The van der Waals surface area contributed by atoms with Crippen molar-refractivity contribution in [3.8, 4) is 0 Å². The Morgan fingerprint density at radius 1 is 1.12 bits per heavy atom. The van der Waals surface area contributed by atoms with Gasteiger partial charge in [-0.3, -0.25) is 4.90 Å². The number of carbonyl (C=O) groups is 1. The average Bonchev–Trinajstić information content (AvgIpc) is 2.81. The van der Waals surface area contributed by atoms with Crippen molar-refractivity contribution in [2.45, 2.75) is 51.2 Å². The van der Waals surface area contributed by atoms with Crippen LogP contribution in [0.3, 0.4) is 0 Å². The SMILES string of the molecule is CC(C)[C@H]1CN(C2CCN(c3ccccn3)CC2)[C@@H](Cc2ccc(Cl)cc2)CN1C(=O)O. The third-order valence-electron chi connectivity index (χ3n) is 6.98. The fourth-order valence-electron chi connectivity index (χ4n) is 5.21. The van der Waals surface area contributed by atoms with Gasteiger partial charge in [0.15, 0.2) is 0 Å². The van der Waals surface area contributed by atoms with Crippen molar-refractivity contribution >= 4 is 23.5 Å². The van der Waals surface area contributed by atoms with Gasteiger partial charge in [-0.1, -0.05) is 43.6 Å². The number of amides is 1. The molecule has 6 nitrogen and oxygen atoms in total. The molecule has 32 heavy (non-hydrogen) atoms. The number of hydrogen-bond acceptors (Lipinski definition) is 4. The molecular weight excluding hydrogens is 424 g/mol. The molecule has 7 heteroatoms. The Hall–Kier alpha value is -2.31. The highest BCUT2D eigenvalue weighted by Crippen LogP contribution is 2.30. The van der Waals surface area contributed by atoms with E-state index in [1.807, 2.05) is 30.5 Å². The highest BCUT2D eigenvalue weighted by atomic mass is 35.5. The molecule has 0 aliphatic carbocycles. The van der Waals surface area contributed by atoms with E-state index in [1.165, 1.54) is 5.56 Å². The topological polar surface area (TPSA) is 59.9 Å². The van der Waals surface area contributed by atoms with Crippen molar-refractivity contribution in [2.24, 2.45) is 5.92 Å². The predicted octanol–water partition coefficient (Wildman–Crippen LogP) is 4.64. The summed E-state index contributed by atoms with van der Waals surface area (Å²) in [6.45, 7) is 7.53. The molecule has 1 aromatic carbocycles. The molecule has 1 aromatic heterocycles. The molecule has 0 spiro atoms. The van der Waals surface area contributed by atoms with Crippen LogP contribution in [0.1, 0.15) is 32.3 Å². The van der Waals surface area contributed by atoms with E-state index in [-0.39, 0.29) is 18.0 Å². The zero-order chi connectivity index (χ0) is 22.7. The second-order valence-electron chi connectivity index (χ2n) is 9.33. The first-order valence-corrected chi connectivity index (χ1v) is 12.0. The summed E-state index contributed by atoms with van der Waals surface area (Å²) in [5, 5.41) is 10.6. The van der Waals surface area contributed by atoms with E-state index in [0.717, 1.165) is 49.7 Å². The van der Waals surface area contributed by atoms with Crippen LogP contribution in [-0.4, -0.2) is 70.3 Å². The molecular formula is C25H33ClN4O2. The minimum Gasteiger partial charge on any atom is -0.465 e.